The van der Waals surface area contributed by atoms with Gasteiger partial charge in [-0.2, -0.15) is 13.2 Å². The lowest BCUT2D eigenvalue weighted by Gasteiger charge is -2.38. The fourth-order valence-corrected chi connectivity index (χ4v) is 4.08. The van der Waals surface area contributed by atoms with Crippen LogP contribution in [0.3, 0.4) is 0 Å². The highest BCUT2D eigenvalue weighted by Gasteiger charge is 2.35. The number of benzene rings is 2. The Morgan fingerprint density at radius 1 is 1.12 bits per heavy atom. The molecule has 1 amide bonds. The molecule has 1 N–H and O–H groups in total. The van der Waals surface area contributed by atoms with Crippen molar-refractivity contribution in [3.8, 4) is 11.5 Å². The van der Waals surface area contributed by atoms with Crippen molar-refractivity contribution >= 4 is 5.91 Å². The van der Waals surface area contributed by atoms with Gasteiger partial charge in [-0.15, -0.1) is 0 Å². The second-order valence-corrected chi connectivity index (χ2v) is 8.85. The summed E-state index contributed by atoms with van der Waals surface area (Å²) in [5.41, 5.74) is 2.86. The maximum absolute atomic E-state index is 13.3. The van der Waals surface area contributed by atoms with Crippen molar-refractivity contribution in [3.63, 3.8) is 0 Å². The molecular weight excluding hydrogens is 433 g/mol. The molecule has 1 aliphatic rings. The number of carbonyl (C=O) groups excluding carboxylic acids is 1. The van der Waals surface area contributed by atoms with E-state index in [2.05, 4.69) is 22.3 Å². The average Bonchev–Trinajstić information content (AvgIpc) is 2.68. The van der Waals surface area contributed by atoms with Gasteiger partial charge in [-0.1, -0.05) is 18.2 Å². The lowest BCUT2D eigenvalue weighted by Crippen LogP contribution is -2.52. The van der Waals surface area contributed by atoms with E-state index in [0.717, 1.165) is 48.1 Å². The molecule has 2 aromatic carbocycles. The van der Waals surface area contributed by atoms with E-state index in [1.165, 1.54) is 12.1 Å². The van der Waals surface area contributed by atoms with E-state index in [4.69, 9.17) is 9.47 Å². The summed E-state index contributed by atoms with van der Waals surface area (Å²) in [5.74, 6) is 0.657. The Balaban J connectivity index is 1.67. The van der Waals surface area contributed by atoms with E-state index >= 15 is 0 Å². The number of hydrogen-bond donors (Lipinski definition) is 1. The summed E-state index contributed by atoms with van der Waals surface area (Å²) >= 11 is 0. The molecule has 1 fully saturated rings. The third-order valence-electron chi connectivity index (χ3n) is 5.60. The predicted octanol–water partition coefficient (Wildman–Crippen LogP) is 4.87. The molecule has 33 heavy (non-hydrogen) atoms. The molecule has 0 saturated carbocycles. The Morgan fingerprint density at radius 3 is 2.30 bits per heavy atom. The molecule has 0 aliphatic carbocycles. The van der Waals surface area contributed by atoms with Crippen molar-refractivity contribution in [1.29, 1.82) is 0 Å². The van der Waals surface area contributed by atoms with Crippen LogP contribution in [0.5, 0.6) is 11.5 Å². The predicted molar refractivity (Wildman–Crippen MR) is 120 cm³/mol. The Kier molecular flexibility index (Phi) is 7.57. The molecule has 1 saturated heterocycles. The van der Waals surface area contributed by atoms with Gasteiger partial charge < -0.3 is 14.8 Å². The molecule has 1 aliphatic heterocycles. The van der Waals surface area contributed by atoms with E-state index in [9.17, 15) is 18.0 Å². The number of hydrogen-bond acceptors (Lipinski definition) is 4. The number of rotatable bonds is 8. The highest BCUT2D eigenvalue weighted by Crippen LogP contribution is 2.37. The second kappa shape index (κ2) is 10.0. The summed E-state index contributed by atoms with van der Waals surface area (Å²) in [4.78, 5) is 13.9. The van der Waals surface area contributed by atoms with Crippen molar-refractivity contribution in [2.24, 2.45) is 5.92 Å². The van der Waals surface area contributed by atoms with Gasteiger partial charge in [0.15, 0.2) is 0 Å². The molecule has 0 bridgehead atoms. The van der Waals surface area contributed by atoms with E-state index in [1.54, 1.807) is 20.9 Å². The average molecular weight is 465 g/mol. The van der Waals surface area contributed by atoms with Crippen molar-refractivity contribution in [2.75, 3.05) is 20.1 Å². The summed E-state index contributed by atoms with van der Waals surface area (Å²) in [6.07, 6.45) is -4.86. The highest BCUT2D eigenvalue weighted by atomic mass is 19.4. The van der Waals surface area contributed by atoms with Gasteiger partial charge in [0.2, 0.25) is 5.91 Å². The van der Waals surface area contributed by atoms with Crippen LogP contribution in [0.4, 0.5) is 13.2 Å². The molecule has 0 spiro atoms. The number of ether oxygens (including phenoxy) is 2. The van der Waals surface area contributed by atoms with Crippen LogP contribution in [0.2, 0.25) is 0 Å². The zero-order valence-electron chi connectivity index (χ0n) is 19.7. The maximum Gasteiger partial charge on any atom is 0.419 e. The fourth-order valence-electron chi connectivity index (χ4n) is 4.08. The summed E-state index contributed by atoms with van der Waals surface area (Å²) in [6, 6.07) is 7.96. The van der Waals surface area contributed by atoms with Crippen molar-refractivity contribution in [1.82, 2.24) is 10.2 Å². The van der Waals surface area contributed by atoms with Crippen LogP contribution in [0, 0.1) is 19.8 Å². The summed E-state index contributed by atoms with van der Waals surface area (Å²) in [7, 11) is 1.65. The molecule has 0 radical (unpaired) electrons. The third-order valence-corrected chi connectivity index (χ3v) is 5.60. The van der Waals surface area contributed by atoms with Gasteiger partial charge >= 0.3 is 6.18 Å². The Morgan fingerprint density at radius 2 is 1.76 bits per heavy atom. The van der Waals surface area contributed by atoms with Crippen molar-refractivity contribution < 1.29 is 27.4 Å². The highest BCUT2D eigenvalue weighted by molar-refractivity contribution is 5.79. The van der Waals surface area contributed by atoms with Gasteiger partial charge in [-0.25, -0.2) is 0 Å². The number of nitrogens with zero attached hydrogens (tertiary/aromatic N) is 1. The monoisotopic (exact) mass is 464 g/mol. The number of nitrogens with one attached hydrogen (secondary N) is 1. The fraction of sp³-hybridized carbons (Fsp3) is 0.480. The molecule has 3 rings (SSSR count). The van der Waals surface area contributed by atoms with E-state index in [1.807, 2.05) is 13.8 Å². The first kappa shape index (κ1) is 24.9. The lowest BCUT2D eigenvalue weighted by molar-refractivity contribution is -0.139. The number of alkyl halides is 3. The van der Waals surface area contributed by atoms with Gasteiger partial charge in [-0.3, -0.25) is 9.69 Å². The van der Waals surface area contributed by atoms with Crippen LogP contribution in [-0.2, 0) is 24.1 Å². The first-order valence-corrected chi connectivity index (χ1v) is 11.0. The lowest BCUT2D eigenvalue weighted by atomic mass is 9.97. The van der Waals surface area contributed by atoms with Gasteiger partial charge in [-0.05, 0) is 62.1 Å². The van der Waals surface area contributed by atoms with Gasteiger partial charge in [0.25, 0.3) is 0 Å². The summed E-state index contributed by atoms with van der Waals surface area (Å²) in [5, 5.41) is 2.68. The number of halogens is 3. The van der Waals surface area contributed by atoms with Gasteiger partial charge in [0, 0.05) is 26.7 Å². The SMILES string of the molecule is CNC(=O)C1CN(Cc2cc(C)c(OCc3ccc(C(F)(F)F)c(OC(C)C)c3)c(C)c2)C1. The van der Waals surface area contributed by atoms with Gasteiger partial charge in [0.05, 0.1) is 17.6 Å². The topological polar surface area (TPSA) is 50.8 Å². The Hall–Kier alpha value is -2.74. The van der Waals surface area contributed by atoms with E-state index in [0.29, 0.717) is 5.56 Å². The molecule has 5 nitrogen and oxygen atoms in total. The van der Waals surface area contributed by atoms with E-state index in [-0.39, 0.29) is 30.3 Å². The maximum atomic E-state index is 13.3. The summed E-state index contributed by atoms with van der Waals surface area (Å²) < 4.78 is 51.3. The minimum Gasteiger partial charge on any atom is -0.490 e. The smallest absolute Gasteiger partial charge is 0.419 e. The third kappa shape index (κ3) is 6.19. The van der Waals surface area contributed by atoms with Crippen LogP contribution in [0.25, 0.3) is 0 Å². The van der Waals surface area contributed by atoms with Crippen LogP contribution < -0.4 is 14.8 Å². The number of likely N-dealkylation sites (tertiary alicyclic amines) is 1. The van der Waals surface area contributed by atoms with Crippen molar-refractivity contribution in [2.45, 2.75) is 53.1 Å². The Bertz CT molecular complexity index is 976. The Labute approximate surface area is 192 Å². The van der Waals surface area contributed by atoms with Gasteiger partial charge in [0.1, 0.15) is 18.1 Å². The number of amides is 1. The van der Waals surface area contributed by atoms with Crippen LogP contribution in [0.1, 0.15) is 41.7 Å². The van der Waals surface area contributed by atoms with Crippen LogP contribution in [0.15, 0.2) is 30.3 Å². The van der Waals surface area contributed by atoms with Crippen molar-refractivity contribution in [3.05, 3.63) is 58.1 Å². The first-order valence-electron chi connectivity index (χ1n) is 11.0. The largest absolute Gasteiger partial charge is 0.490 e. The normalized spacial score (nSPS) is 14.8. The first-order chi connectivity index (χ1) is 15.5. The summed E-state index contributed by atoms with van der Waals surface area (Å²) in [6.45, 7) is 9.66. The molecule has 0 aromatic heterocycles. The van der Waals surface area contributed by atoms with Crippen LogP contribution in [-0.4, -0.2) is 37.0 Å². The molecule has 1 heterocycles. The number of carbonyl (C=O) groups is 1. The molecule has 8 heteroatoms. The molecule has 0 atom stereocenters. The minimum absolute atomic E-state index is 0.0492. The second-order valence-electron chi connectivity index (χ2n) is 8.85. The molecule has 2 aromatic rings. The molecule has 180 valence electrons. The van der Waals surface area contributed by atoms with Crippen LogP contribution >= 0.6 is 0 Å². The number of aryl methyl sites for hydroxylation is 2. The quantitative estimate of drug-likeness (QED) is 0.606. The molecule has 0 unspecified atom stereocenters. The zero-order chi connectivity index (χ0) is 24.3. The van der Waals surface area contributed by atoms with E-state index < -0.39 is 11.7 Å². The minimum atomic E-state index is -4.48. The molecular formula is C25H31F3N2O3. The standard InChI is InChI=1S/C25H31F3N2O3/c1-15(2)33-22-10-18(6-7-21(22)25(26,27)28)14-32-23-16(3)8-19(9-17(23)4)11-30-12-20(13-30)24(31)29-5/h6-10,15,20H,11-14H2,1-5H3,(H,29,31). The zero-order valence-corrected chi connectivity index (χ0v) is 19.7.